The fourth-order valence-corrected chi connectivity index (χ4v) is 13.3. The summed E-state index contributed by atoms with van der Waals surface area (Å²) in [5.74, 6) is 0. The molecule has 0 saturated carbocycles. The number of hydrogen-bond acceptors (Lipinski definition) is 4. The van der Waals surface area contributed by atoms with Crippen LogP contribution < -0.4 is 9.80 Å². The van der Waals surface area contributed by atoms with E-state index in [4.69, 9.17) is 8.83 Å². The molecule has 82 heavy (non-hydrogen) atoms. The fraction of sp³-hybridized carbons (Fsp3) is 0.0263. The van der Waals surface area contributed by atoms with Crippen LogP contribution in [0.25, 0.3) is 120 Å². The minimum atomic E-state index is 0.832. The van der Waals surface area contributed by atoms with Crippen molar-refractivity contribution in [3.05, 3.63) is 278 Å². The number of para-hydroxylation sites is 6. The number of benzene rings is 13. The molecule has 0 aliphatic carbocycles. The van der Waals surface area contributed by atoms with E-state index in [1.54, 1.807) is 0 Å². The van der Waals surface area contributed by atoms with Crippen molar-refractivity contribution in [2.24, 2.45) is 0 Å². The van der Waals surface area contributed by atoms with Crippen molar-refractivity contribution in [1.82, 2.24) is 9.13 Å². The molecule has 0 unspecified atom stereocenters. The van der Waals surface area contributed by atoms with Crippen LogP contribution in [0.2, 0.25) is 0 Å². The minimum Gasteiger partial charge on any atom is -0.456 e. The van der Waals surface area contributed by atoms with Crippen molar-refractivity contribution in [2.45, 2.75) is 13.8 Å². The van der Waals surface area contributed by atoms with E-state index in [0.29, 0.717) is 0 Å². The van der Waals surface area contributed by atoms with Crippen molar-refractivity contribution in [2.75, 3.05) is 9.80 Å². The predicted octanol–water partition coefficient (Wildman–Crippen LogP) is 21.5. The molecule has 0 aliphatic heterocycles. The van der Waals surface area contributed by atoms with E-state index < -0.39 is 0 Å². The maximum Gasteiger partial charge on any atom is 0.136 e. The molecular formula is C76H50N4O2. The highest BCUT2D eigenvalue weighted by atomic mass is 16.3. The molecule has 0 fully saturated rings. The Bertz CT molecular complexity index is 5110. The van der Waals surface area contributed by atoms with Gasteiger partial charge in [-0.15, -0.1) is 0 Å². The molecule has 6 heteroatoms. The average Bonchev–Trinajstić information content (AvgIpc) is 3.39. The van der Waals surface area contributed by atoms with Gasteiger partial charge >= 0.3 is 0 Å². The first-order valence-electron chi connectivity index (χ1n) is 28.1. The van der Waals surface area contributed by atoms with Crippen molar-refractivity contribution in [1.29, 1.82) is 0 Å². The third-order valence-electron chi connectivity index (χ3n) is 17.0. The Labute approximate surface area is 471 Å². The molecular weight excluding hydrogens is 1000 g/mol. The maximum atomic E-state index is 6.84. The summed E-state index contributed by atoms with van der Waals surface area (Å²) in [5, 5.41) is 13.5. The summed E-state index contributed by atoms with van der Waals surface area (Å²) in [6, 6.07) is 96.6. The molecule has 0 N–H and O–H groups in total. The number of hydrogen-bond donors (Lipinski definition) is 0. The zero-order chi connectivity index (χ0) is 54.2. The van der Waals surface area contributed by atoms with Gasteiger partial charge in [-0.2, -0.15) is 0 Å². The van der Waals surface area contributed by atoms with Crippen LogP contribution in [-0.4, -0.2) is 9.13 Å². The van der Waals surface area contributed by atoms with Gasteiger partial charge in [0.2, 0.25) is 0 Å². The first kappa shape index (κ1) is 46.1. The lowest BCUT2D eigenvalue weighted by atomic mass is 10.00. The predicted molar refractivity (Wildman–Crippen MR) is 344 cm³/mol. The Kier molecular flexibility index (Phi) is 10.0. The molecule has 0 saturated heterocycles. The second kappa shape index (κ2) is 17.8. The summed E-state index contributed by atoms with van der Waals surface area (Å²) < 4.78 is 18.4. The summed E-state index contributed by atoms with van der Waals surface area (Å²) in [6.45, 7) is 4.38. The topological polar surface area (TPSA) is 42.6 Å². The van der Waals surface area contributed by atoms with Crippen molar-refractivity contribution < 1.29 is 8.83 Å². The number of aromatic nitrogens is 2. The molecule has 0 spiro atoms. The van der Waals surface area contributed by atoms with Gasteiger partial charge in [0, 0.05) is 88.6 Å². The standard InChI is InChI=1S/C76H50N4O2/c1-47-17-9-13-25-65(47)77(57-33-35-69-61(45-57)59-23-11-15-27-67(59)79(69)53-19-5-3-6-20-53)55-31-29-49-41-63-73(43-51(49)39-55)81-71-37-38-72-76(75(63)71)64-42-50-30-32-56(40-52(50)44-74(64)82-72)78(66-26-14-10-18-48(66)2)58-34-36-70-62(46-58)60-24-12-16-28-68(60)80(70)54-21-7-4-8-22-54/h3-46H,1-2H3. The molecule has 4 aromatic heterocycles. The second-order valence-corrected chi connectivity index (χ2v) is 21.8. The molecule has 0 aliphatic rings. The normalized spacial score (nSPS) is 12.0. The van der Waals surface area contributed by atoms with E-state index in [9.17, 15) is 0 Å². The van der Waals surface area contributed by atoms with Crippen LogP contribution >= 0.6 is 0 Å². The molecule has 0 bridgehead atoms. The Morgan fingerprint density at radius 2 is 0.646 bits per heavy atom. The zero-order valence-electron chi connectivity index (χ0n) is 45.0. The number of furan rings is 2. The molecule has 0 radical (unpaired) electrons. The lowest BCUT2D eigenvalue weighted by Crippen LogP contribution is -2.11. The van der Waals surface area contributed by atoms with Crippen LogP contribution in [0.5, 0.6) is 0 Å². The van der Waals surface area contributed by atoms with Gasteiger partial charge in [-0.25, -0.2) is 0 Å². The third-order valence-corrected chi connectivity index (χ3v) is 17.0. The molecule has 17 rings (SSSR count). The summed E-state index contributed by atoms with van der Waals surface area (Å²) in [6.07, 6.45) is 0. The van der Waals surface area contributed by atoms with Gasteiger partial charge in [-0.3, -0.25) is 0 Å². The van der Waals surface area contributed by atoms with Gasteiger partial charge in [-0.1, -0.05) is 121 Å². The third kappa shape index (κ3) is 7.01. The highest BCUT2D eigenvalue weighted by Crippen LogP contribution is 2.47. The van der Waals surface area contributed by atoms with Crippen molar-refractivity contribution in [3.63, 3.8) is 0 Å². The zero-order valence-corrected chi connectivity index (χ0v) is 45.0. The van der Waals surface area contributed by atoms with Gasteiger partial charge < -0.3 is 27.8 Å². The summed E-state index contributed by atoms with van der Waals surface area (Å²) in [7, 11) is 0. The largest absolute Gasteiger partial charge is 0.456 e. The molecule has 13 aromatic carbocycles. The summed E-state index contributed by atoms with van der Waals surface area (Å²) in [4.78, 5) is 4.79. The van der Waals surface area contributed by atoms with Crippen LogP contribution in [-0.2, 0) is 0 Å². The fourth-order valence-electron chi connectivity index (χ4n) is 13.3. The molecule has 17 aromatic rings. The quantitative estimate of drug-likeness (QED) is 0.152. The highest BCUT2D eigenvalue weighted by molar-refractivity contribution is 6.28. The van der Waals surface area contributed by atoms with Gasteiger partial charge in [0.15, 0.2) is 0 Å². The summed E-state index contributed by atoms with van der Waals surface area (Å²) >= 11 is 0. The van der Waals surface area contributed by atoms with Gasteiger partial charge in [0.1, 0.15) is 22.3 Å². The van der Waals surface area contributed by atoms with Crippen LogP contribution in [0.3, 0.4) is 0 Å². The molecule has 0 atom stereocenters. The number of aryl methyl sites for hydroxylation is 2. The number of nitrogens with zero attached hydrogens (tertiary/aromatic N) is 4. The highest BCUT2D eigenvalue weighted by Gasteiger charge is 2.23. The minimum absolute atomic E-state index is 0.832. The second-order valence-electron chi connectivity index (χ2n) is 21.8. The van der Waals surface area contributed by atoms with E-state index >= 15 is 0 Å². The van der Waals surface area contributed by atoms with Crippen LogP contribution in [0, 0.1) is 13.8 Å². The van der Waals surface area contributed by atoms with Crippen molar-refractivity contribution >= 4 is 143 Å². The Morgan fingerprint density at radius 3 is 1.10 bits per heavy atom. The smallest absolute Gasteiger partial charge is 0.136 e. The van der Waals surface area contributed by atoms with E-state index in [-0.39, 0.29) is 0 Å². The average molecular weight is 1050 g/mol. The van der Waals surface area contributed by atoms with Crippen LogP contribution in [0.1, 0.15) is 11.1 Å². The van der Waals surface area contributed by atoms with Gasteiger partial charge in [0.05, 0.1) is 22.1 Å². The van der Waals surface area contributed by atoms with Gasteiger partial charge in [-0.05, 0) is 192 Å². The number of rotatable bonds is 8. The van der Waals surface area contributed by atoms with E-state index in [1.165, 1.54) is 54.7 Å². The van der Waals surface area contributed by atoms with E-state index in [2.05, 4.69) is 300 Å². The molecule has 386 valence electrons. The maximum absolute atomic E-state index is 6.84. The van der Waals surface area contributed by atoms with E-state index in [0.717, 1.165) is 111 Å². The van der Waals surface area contributed by atoms with E-state index in [1.807, 2.05) is 0 Å². The molecule has 6 nitrogen and oxygen atoms in total. The SMILES string of the molecule is Cc1ccccc1N(c1ccc2cc3c(cc2c1)oc1ccc2oc4cc5cc(N(c6ccc7c(c6)c6ccccc6n7-c6ccccc6)c6ccccc6C)ccc5cc4c2c13)c1ccc2c(c1)c1ccccc1n2-c1ccccc1. The lowest BCUT2D eigenvalue weighted by molar-refractivity contribution is 0.663. The van der Waals surface area contributed by atoms with Crippen LogP contribution in [0.4, 0.5) is 34.1 Å². The first-order chi connectivity index (χ1) is 40.5. The van der Waals surface area contributed by atoms with Gasteiger partial charge in [0.25, 0.3) is 0 Å². The Hall–Kier alpha value is -10.8. The Balaban J connectivity index is 0.779. The molecule has 0 amide bonds. The van der Waals surface area contributed by atoms with Crippen molar-refractivity contribution in [3.8, 4) is 11.4 Å². The monoisotopic (exact) mass is 1050 g/mol. The lowest BCUT2D eigenvalue weighted by Gasteiger charge is -2.27. The number of fused-ring (bicyclic) bond motifs is 15. The number of anilines is 6. The summed E-state index contributed by atoms with van der Waals surface area (Å²) in [5.41, 5.74) is 19.3. The van der Waals surface area contributed by atoms with Crippen LogP contribution in [0.15, 0.2) is 276 Å². The first-order valence-corrected chi connectivity index (χ1v) is 28.1. The Morgan fingerprint density at radius 1 is 0.268 bits per heavy atom. The molecule has 4 heterocycles.